The fourth-order valence-corrected chi connectivity index (χ4v) is 3.63. The average molecular weight is 399 g/mol. The Bertz CT molecular complexity index is 390. The van der Waals surface area contributed by atoms with E-state index in [1.807, 2.05) is 13.8 Å². The molecule has 0 aliphatic carbocycles. The van der Waals surface area contributed by atoms with Gasteiger partial charge in [-0.3, -0.25) is 9.59 Å². The van der Waals surface area contributed by atoms with E-state index in [9.17, 15) is 9.59 Å². The molecular weight excluding hydrogens is 352 g/mol. The van der Waals surface area contributed by atoms with E-state index in [4.69, 9.17) is 9.84 Å². The van der Waals surface area contributed by atoms with E-state index in [1.165, 1.54) is 64.2 Å². The summed E-state index contributed by atoms with van der Waals surface area (Å²) in [4.78, 5) is 22.6. The number of esters is 1. The predicted molar refractivity (Wildman–Crippen MR) is 116 cm³/mol. The average Bonchev–Trinajstić information content (AvgIpc) is 2.60. The van der Waals surface area contributed by atoms with Crippen LogP contribution in [0, 0.1) is 11.8 Å². The van der Waals surface area contributed by atoms with Crippen LogP contribution < -0.4 is 0 Å². The molecule has 0 radical (unpaired) electrons. The SMILES string of the molecule is CC(C)OC(=O)C(CCCCCCCCCCCCCCCC(=O)O)C(C)C. The highest BCUT2D eigenvalue weighted by Crippen LogP contribution is 2.22. The van der Waals surface area contributed by atoms with E-state index >= 15 is 0 Å². The second kappa shape index (κ2) is 18.0. The van der Waals surface area contributed by atoms with Crippen molar-refractivity contribution in [1.82, 2.24) is 0 Å². The standard InChI is InChI=1S/C24H46O4/c1-20(2)22(24(27)28-21(3)4)18-16-14-12-10-8-6-5-7-9-11-13-15-17-19-23(25)26/h20-22H,5-19H2,1-4H3,(H,25,26). The van der Waals surface area contributed by atoms with Gasteiger partial charge in [-0.15, -0.1) is 0 Å². The van der Waals surface area contributed by atoms with E-state index in [-0.39, 0.29) is 18.0 Å². The number of carboxylic acid groups (broad SMARTS) is 1. The zero-order chi connectivity index (χ0) is 21.2. The summed E-state index contributed by atoms with van der Waals surface area (Å²) in [6.07, 6.45) is 17.0. The van der Waals surface area contributed by atoms with Crippen molar-refractivity contribution in [2.75, 3.05) is 0 Å². The third kappa shape index (κ3) is 17.1. The molecule has 1 atom stereocenters. The van der Waals surface area contributed by atoms with Crippen LogP contribution in [0.25, 0.3) is 0 Å². The van der Waals surface area contributed by atoms with Crippen LogP contribution in [0.15, 0.2) is 0 Å². The number of hydrogen-bond donors (Lipinski definition) is 1. The lowest BCUT2D eigenvalue weighted by Crippen LogP contribution is -2.25. The maximum Gasteiger partial charge on any atom is 0.309 e. The van der Waals surface area contributed by atoms with Crippen molar-refractivity contribution >= 4 is 11.9 Å². The van der Waals surface area contributed by atoms with Gasteiger partial charge in [-0.25, -0.2) is 0 Å². The van der Waals surface area contributed by atoms with E-state index in [0.29, 0.717) is 12.3 Å². The van der Waals surface area contributed by atoms with Crippen LogP contribution in [0.1, 0.15) is 124 Å². The number of ether oxygens (including phenoxy) is 1. The third-order valence-corrected chi connectivity index (χ3v) is 5.37. The quantitative estimate of drug-likeness (QED) is 0.185. The topological polar surface area (TPSA) is 63.6 Å². The summed E-state index contributed by atoms with van der Waals surface area (Å²) in [5.41, 5.74) is 0. The molecule has 0 bridgehead atoms. The van der Waals surface area contributed by atoms with Crippen molar-refractivity contribution in [1.29, 1.82) is 0 Å². The van der Waals surface area contributed by atoms with Gasteiger partial charge < -0.3 is 9.84 Å². The van der Waals surface area contributed by atoms with Crippen LogP contribution in [-0.2, 0) is 14.3 Å². The van der Waals surface area contributed by atoms with Gasteiger partial charge in [-0.2, -0.15) is 0 Å². The molecule has 0 aliphatic rings. The second-order valence-corrected chi connectivity index (χ2v) is 8.86. The Morgan fingerprint density at radius 2 is 1.07 bits per heavy atom. The molecule has 0 saturated carbocycles. The molecule has 0 aromatic heterocycles. The molecule has 4 heteroatoms. The fraction of sp³-hybridized carbons (Fsp3) is 0.917. The molecule has 0 aliphatic heterocycles. The van der Waals surface area contributed by atoms with Gasteiger partial charge in [0.25, 0.3) is 0 Å². The smallest absolute Gasteiger partial charge is 0.309 e. The van der Waals surface area contributed by atoms with Crippen LogP contribution in [0.3, 0.4) is 0 Å². The monoisotopic (exact) mass is 398 g/mol. The Kier molecular flexibility index (Phi) is 17.3. The summed E-state index contributed by atoms with van der Waals surface area (Å²) < 4.78 is 5.39. The maximum absolute atomic E-state index is 12.1. The molecule has 166 valence electrons. The number of aliphatic carboxylic acids is 1. The molecule has 28 heavy (non-hydrogen) atoms. The highest BCUT2D eigenvalue weighted by atomic mass is 16.5. The number of carbonyl (C=O) groups excluding carboxylic acids is 1. The van der Waals surface area contributed by atoms with Crippen molar-refractivity contribution in [2.45, 2.75) is 130 Å². The second-order valence-electron chi connectivity index (χ2n) is 8.86. The lowest BCUT2D eigenvalue weighted by molar-refractivity contribution is -0.154. The highest BCUT2D eigenvalue weighted by Gasteiger charge is 2.23. The highest BCUT2D eigenvalue weighted by molar-refractivity contribution is 5.72. The summed E-state index contributed by atoms with van der Waals surface area (Å²) in [6.45, 7) is 8.06. The fourth-order valence-electron chi connectivity index (χ4n) is 3.63. The van der Waals surface area contributed by atoms with Crippen LogP contribution in [-0.4, -0.2) is 23.1 Å². The van der Waals surface area contributed by atoms with Crippen LogP contribution >= 0.6 is 0 Å². The largest absolute Gasteiger partial charge is 0.481 e. The van der Waals surface area contributed by atoms with Crippen LogP contribution in [0.5, 0.6) is 0 Å². The number of hydrogen-bond acceptors (Lipinski definition) is 3. The first kappa shape index (κ1) is 26.9. The normalized spacial score (nSPS) is 12.5. The summed E-state index contributed by atoms with van der Waals surface area (Å²) in [5.74, 6) is -0.296. The van der Waals surface area contributed by atoms with Gasteiger partial charge >= 0.3 is 11.9 Å². The molecule has 1 N–H and O–H groups in total. The van der Waals surface area contributed by atoms with E-state index in [0.717, 1.165) is 25.7 Å². The van der Waals surface area contributed by atoms with E-state index < -0.39 is 5.97 Å². The molecule has 0 aromatic carbocycles. The van der Waals surface area contributed by atoms with Crippen molar-refractivity contribution in [2.24, 2.45) is 11.8 Å². The Morgan fingerprint density at radius 3 is 1.43 bits per heavy atom. The van der Waals surface area contributed by atoms with Gasteiger partial charge in [0.2, 0.25) is 0 Å². The maximum atomic E-state index is 12.1. The van der Waals surface area contributed by atoms with Gasteiger partial charge in [0, 0.05) is 6.42 Å². The Balaban J connectivity index is 3.44. The van der Waals surface area contributed by atoms with E-state index in [1.54, 1.807) is 0 Å². The lowest BCUT2D eigenvalue weighted by atomic mass is 9.90. The summed E-state index contributed by atoms with van der Waals surface area (Å²) in [7, 11) is 0. The first-order valence-electron chi connectivity index (χ1n) is 11.8. The van der Waals surface area contributed by atoms with Crippen molar-refractivity contribution < 1.29 is 19.4 Å². The molecule has 0 fully saturated rings. The van der Waals surface area contributed by atoms with E-state index in [2.05, 4.69) is 13.8 Å². The number of carboxylic acids is 1. The van der Waals surface area contributed by atoms with Gasteiger partial charge in [-0.1, -0.05) is 90.9 Å². The van der Waals surface area contributed by atoms with Gasteiger partial charge in [0.15, 0.2) is 0 Å². The molecule has 0 spiro atoms. The molecule has 4 nitrogen and oxygen atoms in total. The van der Waals surface area contributed by atoms with Crippen molar-refractivity contribution in [3.05, 3.63) is 0 Å². The molecule has 0 aromatic rings. The minimum absolute atomic E-state index is 0.0214. The number of unbranched alkanes of at least 4 members (excludes halogenated alkanes) is 12. The number of rotatable bonds is 19. The molecule has 0 rings (SSSR count). The Hall–Kier alpha value is -1.06. The van der Waals surface area contributed by atoms with Gasteiger partial charge in [0.05, 0.1) is 12.0 Å². The third-order valence-electron chi connectivity index (χ3n) is 5.37. The first-order chi connectivity index (χ1) is 13.3. The molecular formula is C24H46O4. The Labute approximate surface area is 173 Å². The molecule has 0 heterocycles. The minimum atomic E-state index is -0.673. The van der Waals surface area contributed by atoms with Gasteiger partial charge in [0.1, 0.15) is 0 Å². The van der Waals surface area contributed by atoms with Crippen LogP contribution in [0.4, 0.5) is 0 Å². The van der Waals surface area contributed by atoms with Crippen LogP contribution in [0.2, 0.25) is 0 Å². The summed E-state index contributed by atoms with van der Waals surface area (Å²) >= 11 is 0. The Morgan fingerprint density at radius 1 is 0.679 bits per heavy atom. The minimum Gasteiger partial charge on any atom is -0.481 e. The lowest BCUT2D eigenvalue weighted by Gasteiger charge is -2.20. The number of carbonyl (C=O) groups is 2. The molecule has 0 saturated heterocycles. The predicted octanol–water partition coefficient (Wildman–Crippen LogP) is 7.15. The molecule has 1 unspecified atom stereocenters. The summed E-state index contributed by atoms with van der Waals surface area (Å²) in [5, 5.41) is 8.58. The summed E-state index contributed by atoms with van der Waals surface area (Å²) in [6, 6.07) is 0. The first-order valence-corrected chi connectivity index (χ1v) is 11.8. The van der Waals surface area contributed by atoms with Crippen molar-refractivity contribution in [3.63, 3.8) is 0 Å². The van der Waals surface area contributed by atoms with Crippen molar-refractivity contribution in [3.8, 4) is 0 Å². The molecule has 0 amide bonds. The van der Waals surface area contributed by atoms with Gasteiger partial charge in [-0.05, 0) is 32.6 Å². The zero-order valence-electron chi connectivity index (χ0n) is 19.0. The zero-order valence-corrected chi connectivity index (χ0v) is 19.0.